The average Bonchev–Trinajstić information content (AvgIpc) is 2.96. The Morgan fingerprint density at radius 1 is 0.737 bits per heavy atom. The SMILES string of the molecule is c1ccc(C(c2ccccc2)N2CC(COc3ccc(C4(CN5CCOCC5)CCOCC4)cc3)C2)cc1. The summed E-state index contributed by atoms with van der Waals surface area (Å²) in [5.41, 5.74) is 4.29. The van der Waals surface area contributed by atoms with E-state index in [1.54, 1.807) is 0 Å². The lowest BCUT2D eigenvalue weighted by atomic mass is 9.73. The number of likely N-dealkylation sites (tertiary alicyclic amines) is 1. The highest BCUT2D eigenvalue weighted by atomic mass is 16.5. The van der Waals surface area contributed by atoms with Crippen LogP contribution in [0.15, 0.2) is 84.9 Å². The minimum absolute atomic E-state index is 0.159. The summed E-state index contributed by atoms with van der Waals surface area (Å²) >= 11 is 0. The molecule has 3 aliphatic rings. The van der Waals surface area contributed by atoms with Gasteiger partial charge in [-0.25, -0.2) is 0 Å². The van der Waals surface area contributed by atoms with Crippen LogP contribution in [-0.2, 0) is 14.9 Å². The van der Waals surface area contributed by atoms with Gasteiger partial charge in [0.1, 0.15) is 5.75 Å². The summed E-state index contributed by atoms with van der Waals surface area (Å²) in [5.74, 6) is 1.52. The van der Waals surface area contributed by atoms with E-state index in [-0.39, 0.29) is 5.41 Å². The lowest BCUT2D eigenvalue weighted by molar-refractivity contribution is -0.00121. The molecule has 3 aromatic carbocycles. The van der Waals surface area contributed by atoms with E-state index in [1.807, 2.05) is 0 Å². The molecule has 5 heteroatoms. The largest absolute Gasteiger partial charge is 0.493 e. The van der Waals surface area contributed by atoms with E-state index < -0.39 is 0 Å². The van der Waals surface area contributed by atoms with Crippen LogP contribution in [0.25, 0.3) is 0 Å². The van der Waals surface area contributed by atoms with Gasteiger partial charge >= 0.3 is 0 Å². The third-order valence-corrected chi connectivity index (χ3v) is 8.61. The summed E-state index contributed by atoms with van der Waals surface area (Å²) in [7, 11) is 0. The zero-order chi connectivity index (χ0) is 25.6. The van der Waals surface area contributed by atoms with Crippen molar-refractivity contribution in [2.24, 2.45) is 5.92 Å². The van der Waals surface area contributed by atoms with E-state index >= 15 is 0 Å². The van der Waals surface area contributed by atoms with Gasteiger partial charge in [-0.05, 0) is 41.7 Å². The Hall–Kier alpha value is -2.70. The van der Waals surface area contributed by atoms with E-state index in [0.29, 0.717) is 12.0 Å². The summed E-state index contributed by atoms with van der Waals surface area (Å²) in [5, 5.41) is 0. The van der Waals surface area contributed by atoms with E-state index in [9.17, 15) is 0 Å². The van der Waals surface area contributed by atoms with Gasteiger partial charge in [0.15, 0.2) is 0 Å². The summed E-state index contributed by atoms with van der Waals surface area (Å²) in [6.07, 6.45) is 2.15. The average molecular weight is 513 g/mol. The first kappa shape index (κ1) is 25.6. The predicted octanol–water partition coefficient (Wildman–Crippen LogP) is 5.17. The molecule has 0 amide bonds. The fourth-order valence-corrected chi connectivity index (χ4v) is 6.42. The first-order valence-corrected chi connectivity index (χ1v) is 14.2. The van der Waals surface area contributed by atoms with Crippen molar-refractivity contribution >= 4 is 0 Å². The van der Waals surface area contributed by atoms with Crippen LogP contribution >= 0.6 is 0 Å². The summed E-state index contributed by atoms with van der Waals surface area (Å²) in [6, 6.07) is 31.0. The molecule has 3 saturated heterocycles. The Kier molecular flexibility index (Phi) is 8.07. The molecule has 3 heterocycles. The molecular weight excluding hydrogens is 472 g/mol. The smallest absolute Gasteiger partial charge is 0.119 e. The minimum atomic E-state index is 0.159. The third kappa shape index (κ3) is 5.81. The fourth-order valence-electron chi connectivity index (χ4n) is 6.42. The third-order valence-electron chi connectivity index (χ3n) is 8.61. The zero-order valence-electron chi connectivity index (χ0n) is 22.3. The molecule has 0 atom stereocenters. The van der Waals surface area contributed by atoms with Crippen molar-refractivity contribution < 1.29 is 14.2 Å². The number of morpholine rings is 1. The van der Waals surface area contributed by atoms with Gasteiger partial charge in [0.25, 0.3) is 0 Å². The van der Waals surface area contributed by atoms with Crippen LogP contribution in [0.2, 0.25) is 0 Å². The predicted molar refractivity (Wildman–Crippen MR) is 151 cm³/mol. The second-order valence-electron chi connectivity index (χ2n) is 11.2. The molecule has 0 aromatic heterocycles. The topological polar surface area (TPSA) is 34.2 Å². The number of rotatable bonds is 9. The summed E-state index contributed by atoms with van der Waals surface area (Å²) in [6.45, 7) is 9.37. The highest BCUT2D eigenvalue weighted by Crippen LogP contribution is 2.37. The molecule has 0 unspecified atom stereocenters. The maximum atomic E-state index is 6.30. The molecule has 200 valence electrons. The number of hydrogen-bond donors (Lipinski definition) is 0. The van der Waals surface area contributed by atoms with Crippen molar-refractivity contribution in [3.05, 3.63) is 102 Å². The van der Waals surface area contributed by atoms with Gasteiger partial charge in [0.05, 0.1) is 25.9 Å². The second kappa shape index (κ2) is 12.0. The Balaban J connectivity index is 1.06. The van der Waals surface area contributed by atoms with Gasteiger partial charge in [0, 0.05) is 57.3 Å². The van der Waals surface area contributed by atoms with Crippen molar-refractivity contribution in [2.75, 3.05) is 65.8 Å². The van der Waals surface area contributed by atoms with Gasteiger partial charge in [-0.2, -0.15) is 0 Å². The standard InChI is InChI=1S/C33H40N2O3/c1-3-7-28(8-4-1)32(29-9-5-2-6-10-29)35-23-27(24-35)25-38-31-13-11-30(12-14-31)33(15-19-36-20-16-33)26-34-17-21-37-22-18-34/h1-14,27,32H,15-26H2. The van der Waals surface area contributed by atoms with Crippen LogP contribution in [0.5, 0.6) is 5.75 Å². The van der Waals surface area contributed by atoms with Crippen LogP contribution in [0.3, 0.4) is 0 Å². The number of hydrogen-bond acceptors (Lipinski definition) is 5. The molecule has 6 rings (SSSR count). The van der Waals surface area contributed by atoms with Crippen molar-refractivity contribution in [2.45, 2.75) is 24.3 Å². The molecule has 3 aromatic rings. The molecule has 0 spiro atoms. The lowest BCUT2D eigenvalue weighted by Gasteiger charge is -2.44. The van der Waals surface area contributed by atoms with Gasteiger partial charge in [-0.15, -0.1) is 0 Å². The summed E-state index contributed by atoms with van der Waals surface area (Å²) in [4.78, 5) is 5.14. The van der Waals surface area contributed by atoms with E-state index in [1.165, 1.54) is 16.7 Å². The second-order valence-corrected chi connectivity index (χ2v) is 11.2. The molecule has 0 N–H and O–H groups in total. The highest BCUT2D eigenvalue weighted by Gasteiger charge is 2.37. The highest BCUT2D eigenvalue weighted by molar-refractivity contribution is 5.34. The number of benzene rings is 3. The monoisotopic (exact) mass is 512 g/mol. The molecular formula is C33H40N2O3. The van der Waals surface area contributed by atoms with E-state index in [4.69, 9.17) is 14.2 Å². The van der Waals surface area contributed by atoms with Gasteiger partial charge in [-0.1, -0.05) is 72.8 Å². The molecule has 0 saturated carbocycles. The molecule has 0 bridgehead atoms. The van der Waals surface area contributed by atoms with Crippen LogP contribution in [0, 0.1) is 5.92 Å². The van der Waals surface area contributed by atoms with Crippen molar-refractivity contribution in [3.8, 4) is 5.75 Å². The molecule has 5 nitrogen and oxygen atoms in total. The maximum Gasteiger partial charge on any atom is 0.119 e. The first-order chi connectivity index (χ1) is 18.8. The normalized spacial score (nSPS) is 20.8. The van der Waals surface area contributed by atoms with Crippen LogP contribution < -0.4 is 4.74 Å². The van der Waals surface area contributed by atoms with E-state index in [2.05, 4.69) is 94.7 Å². The van der Waals surface area contributed by atoms with Crippen molar-refractivity contribution in [3.63, 3.8) is 0 Å². The van der Waals surface area contributed by atoms with Gasteiger partial charge in [-0.3, -0.25) is 9.80 Å². The molecule has 3 aliphatic heterocycles. The Morgan fingerprint density at radius 3 is 1.92 bits per heavy atom. The van der Waals surface area contributed by atoms with Crippen LogP contribution in [0.4, 0.5) is 0 Å². The first-order valence-electron chi connectivity index (χ1n) is 14.2. The van der Waals surface area contributed by atoms with Crippen molar-refractivity contribution in [1.82, 2.24) is 9.80 Å². The molecule has 38 heavy (non-hydrogen) atoms. The van der Waals surface area contributed by atoms with Gasteiger partial charge in [0.2, 0.25) is 0 Å². The van der Waals surface area contributed by atoms with Crippen molar-refractivity contribution in [1.29, 1.82) is 0 Å². The number of nitrogens with zero attached hydrogens (tertiary/aromatic N) is 2. The lowest BCUT2D eigenvalue weighted by Crippen LogP contribution is -2.50. The zero-order valence-corrected chi connectivity index (χ0v) is 22.3. The maximum absolute atomic E-state index is 6.30. The quantitative estimate of drug-likeness (QED) is 0.395. The number of ether oxygens (including phenoxy) is 3. The molecule has 3 fully saturated rings. The Labute approximate surface area is 227 Å². The fraction of sp³-hybridized carbons (Fsp3) is 0.455. The van der Waals surface area contributed by atoms with Gasteiger partial charge < -0.3 is 14.2 Å². The molecule has 0 aliphatic carbocycles. The Morgan fingerprint density at radius 2 is 1.32 bits per heavy atom. The summed E-state index contributed by atoms with van der Waals surface area (Å²) < 4.78 is 17.6. The molecule has 0 radical (unpaired) electrons. The van der Waals surface area contributed by atoms with E-state index in [0.717, 1.165) is 84.3 Å². The van der Waals surface area contributed by atoms with Crippen LogP contribution in [-0.4, -0.2) is 75.6 Å². The van der Waals surface area contributed by atoms with Crippen LogP contribution in [0.1, 0.15) is 35.6 Å². The minimum Gasteiger partial charge on any atom is -0.493 e. The Bertz CT molecular complexity index is 1080.